The lowest BCUT2D eigenvalue weighted by Gasteiger charge is -2.36. The van der Waals surface area contributed by atoms with Crippen molar-refractivity contribution in [2.45, 2.75) is 31.7 Å². The first-order valence-corrected chi connectivity index (χ1v) is 9.34. The highest BCUT2D eigenvalue weighted by atomic mass is 35.5. The molecule has 1 unspecified atom stereocenters. The zero-order valence-electron chi connectivity index (χ0n) is 15.8. The SMILES string of the molecule is Cl.Cl.Cl.O=C(CC1CCCN1)NCCCN1CCN(c2ccccc2)CC1. The standard InChI is InChI=1S/C19H30N4O.3ClH/c24-19(16-17-6-4-9-20-17)21-10-5-11-22-12-14-23(15-13-22)18-7-2-1-3-8-18;;;/h1-3,7-8,17,20H,4-6,9-16H2,(H,21,24);3*1H. The molecule has 156 valence electrons. The summed E-state index contributed by atoms with van der Waals surface area (Å²) in [6.45, 7) is 7.32. The van der Waals surface area contributed by atoms with Crippen molar-refractivity contribution < 1.29 is 4.79 Å². The van der Waals surface area contributed by atoms with Gasteiger partial charge in [-0.2, -0.15) is 0 Å². The number of piperazine rings is 1. The summed E-state index contributed by atoms with van der Waals surface area (Å²) in [4.78, 5) is 16.8. The van der Waals surface area contributed by atoms with Gasteiger partial charge in [0.25, 0.3) is 0 Å². The zero-order valence-corrected chi connectivity index (χ0v) is 18.2. The van der Waals surface area contributed by atoms with E-state index in [1.54, 1.807) is 0 Å². The van der Waals surface area contributed by atoms with Crippen molar-refractivity contribution >= 4 is 48.8 Å². The molecule has 2 aliphatic rings. The Bertz CT molecular complexity index is 507. The Balaban J connectivity index is 0.00000225. The largest absolute Gasteiger partial charge is 0.369 e. The second kappa shape index (κ2) is 14.3. The summed E-state index contributed by atoms with van der Waals surface area (Å²) in [5.41, 5.74) is 1.32. The Morgan fingerprint density at radius 3 is 2.41 bits per heavy atom. The van der Waals surface area contributed by atoms with Gasteiger partial charge in [0.05, 0.1) is 0 Å². The van der Waals surface area contributed by atoms with Crippen LogP contribution in [-0.4, -0.2) is 62.7 Å². The number of halogens is 3. The molecule has 1 aromatic carbocycles. The van der Waals surface area contributed by atoms with Gasteiger partial charge in [0.1, 0.15) is 0 Å². The first kappa shape index (κ1) is 26.3. The Morgan fingerprint density at radius 1 is 1.07 bits per heavy atom. The summed E-state index contributed by atoms with van der Waals surface area (Å²) in [6, 6.07) is 11.0. The third-order valence-corrected chi connectivity index (χ3v) is 5.06. The Morgan fingerprint density at radius 2 is 1.78 bits per heavy atom. The average molecular weight is 440 g/mol. The van der Waals surface area contributed by atoms with Crippen molar-refractivity contribution in [1.82, 2.24) is 15.5 Å². The smallest absolute Gasteiger partial charge is 0.221 e. The summed E-state index contributed by atoms with van der Waals surface area (Å²) in [5, 5.41) is 6.44. The number of hydrogen-bond donors (Lipinski definition) is 2. The van der Waals surface area contributed by atoms with Crippen molar-refractivity contribution in [3.63, 3.8) is 0 Å². The van der Waals surface area contributed by atoms with Crippen LogP contribution < -0.4 is 15.5 Å². The topological polar surface area (TPSA) is 47.6 Å². The first-order valence-electron chi connectivity index (χ1n) is 9.34. The lowest BCUT2D eigenvalue weighted by atomic mass is 10.1. The molecule has 0 bridgehead atoms. The molecule has 0 saturated carbocycles. The second-order valence-electron chi connectivity index (χ2n) is 6.87. The van der Waals surface area contributed by atoms with Gasteiger partial charge in [-0.3, -0.25) is 9.69 Å². The molecule has 0 spiro atoms. The fraction of sp³-hybridized carbons (Fsp3) is 0.632. The Labute approximate surface area is 181 Å². The number of hydrogen-bond acceptors (Lipinski definition) is 4. The van der Waals surface area contributed by atoms with Gasteiger partial charge in [-0.15, -0.1) is 37.2 Å². The maximum atomic E-state index is 11.9. The summed E-state index contributed by atoms with van der Waals surface area (Å²) in [7, 11) is 0. The van der Waals surface area contributed by atoms with Crippen LogP contribution in [0.2, 0.25) is 0 Å². The minimum absolute atomic E-state index is 0. The van der Waals surface area contributed by atoms with Crippen molar-refractivity contribution in [1.29, 1.82) is 0 Å². The van der Waals surface area contributed by atoms with Crippen LogP contribution in [0.15, 0.2) is 30.3 Å². The molecule has 2 saturated heterocycles. The van der Waals surface area contributed by atoms with Gasteiger partial charge in [-0.25, -0.2) is 0 Å². The summed E-state index contributed by atoms with van der Waals surface area (Å²) < 4.78 is 0. The van der Waals surface area contributed by atoms with Crippen molar-refractivity contribution in [2.75, 3.05) is 50.7 Å². The Hall–Kier alpha value is -0.720. The number of carbonyl (C=O) groups is 1. The molecule has 0 radical (unpaired) electrons. The zero-order chi connectivity index (χ0) is 16.6. The molecule has 27 heavy (non-hydrogen) atoms. The fourth-order valence-electron chi connectivity index (χ4n) is 3.63. The number of rotatable bonds is 7. The maximum Gasteiger partial charge on any atom is 0.221 e. The molecule has 2 N–H and O–H groups in total. The minimum Gasteiger partial charge on any atom is -0.369 e. The summed E-state index contributed by atoms with van der Waals surface area (Å²) in [5.74, 6) is 0.197. The van der Waals surface area contributed by atoms with Crippen LogP contribution in [0, 0.1) is 0 Å². The first-order chi connectivity index (χ1) is 11.8. The van der Waals surface area contributed by atoms with Crippen LogP contribution in [-0.2, 0) is 4.79 Å². The maximum absolute atomic E-state index is 11.9. The van der Waals surface area contributed by atoms with Crippen molar-refractivity contribution in [3.05, 3.63) is 30.3 Å². The second-order valence-corrected chi connectivity index (χ2v) is 6.87. The van der Waals surface area contributed by atoms with Gasteiger partial charge < -0.3 is 15.5 Å². The van der Waals surface area contributed by atoms with Gasteiger partial charge in [0.15, 0.2) is 0 Å². The molecule has 2 aliphatic heterocycles. The monoisotopic (exact) mass is 438 g/mol. The quantitative estimate of drug-likeness (QED) is 0.641. The van der Waals surface area contributed by atoms with Crippen LogP contribution in [0.4, 0.5) is 5.69 Å². The molecule has 1 aromatic rings. The van der Waals surface area contributed by atoms with E-state index >= 15 is 0 Å². The van der Waals surface area contributed by atoms with Gasteiger partial charge in [0.2, 0.25) is 5.91 Å². The summed E-state index contributed by atoms with van der Waals surface area (Å²) in [6.07, 6.45) is 4.01. The molecule has 0 aromatic heterocycles. The summed E-state index contributed by atoms with van der Waals surface area (Å²) >= 11 is 0. The highest BCUT2D eigenvalue weighted by Crippen LogP contribution is 2.15. The van der Waals surface area contributed by atoms with E-state index in [1.807, 2.05) is 0 Å². The van der Waals surface area contributed by atoms with Crippen LogP contribution in [0.5, 0.6) is 0 Å². The number of anilines is 1. The Kier molecular flexibility index (Phi) is 13.9. The lowest BCUT2D eigenvalue weighted by molar-refractivity contribution is -0.121. The lowest BCUT2D eigenvalue weighted by Crippen LogP contribution is -2.47. The van der Waals surface area contributed by atoms with E-state index in [1.165, 1.54) is 12.1 Å². The predicted octanol–water partition coefficient (Wildman–Crippen LogP) is 2.72. The number of benzene rings is 1. The molecule has 5 nitrogen and oxygen atoms in total. The fourth-order valence-corrected chi connectivity index (χ4v) is 3.63. The van der Waals surface area contributed by atoms with Gasteiger partial charge in [-0.1, -0.05) is 18.2 Å². The number of nitrogens with one attached hydrogen (secondary N) is 2. The molecule has 1 atom stereocenters. The molecule has 3 rings (SSSR count). The van der Waals surface area contributed by atoms with Crippen molar-refractivity contribution in [2.24, 2.45) is 0 Å². The molecule has 8 heteroatoms. The minimum atomic E-state index is 0. The average Bonchev–Trinajstić information content (AvgIpc) is 3.13. The molecule has 2 heterocycles. The van der Waals surface area contributed by atoms with Crippen LogP contribution in [0.25, 0.3) is 0 Å². The number of amides is 1. The molecule has 1 amide bonds. The normalized spacial score (nSPS) is 19.4. The highest BCUT2D eigenvalue weighted by molar-refractivity contribution is 5.86. The van der Waals surface area contributed by atoms with Crippen LogP contribution in [0.3, 0.4) is 0 Å². The third-order valence-electron chi connectivity index (χ3n) is 5.06. The van der Waals surface area contributed by atoms with E-state index in [2.05, 4.69) is 50.8 Å². The van der Waals surface area contributed by atoms with Gasteiger partial charge in [0, 0.05) is 50.9 Å². The number of para-hydroxylation sites is 1. The van der Waals surface area contributed by atoms with E-state index in [9.17, 15) is 4.79 Å². The third kappa shape index (κ3) is 8.88. The van der Waals surface area contributed by atoms with Crippen molar-refractivity contribution in [3.8, 4) is 0 Å². The molecular formula is C19H33Cl3N4O. The van der Waals surface area contributed by atoms with E-state index in [0.29, 0.717) is 12.5 Å². The number of carbonyl (C=O) groups excluding carboxylic acids is 1. The van der Waals surface area contributed by atoms with E-state index in [-0.39, 0.29) is 43.1 Å². The highest BCUT2D eigenvalue weighted by Gasteiger charge is 2.18. The molecular weight excluding hydrogens is 407 g/mol. The van der Waals surface area contributed by atoms with E-state index in [4.69, 9.17) is 0 Å². The molecule has 2 fully saturated rings. The predicted molar refractivity (Wildman–Crippen MR) is 120 cm³/mol. The van der Waals surface area contributed by atoms with E-state index in [0.717, 1.165) is 58.7 Å². The van der Waals surface area contributed by atoms with Gasteiger partial charge in [-0.05, 0) is 44.5 Å². The van der Waals surface area contributed by atoms with Gasteiger partial charge >= 0.3 is 0 Å². The number of nitrogens with zero attached hydrogens (tertiary/aromatic N) is 2. The van der Waals surface area contributed by atoms with Crippen LogP contribution in [0.1, 0.15) is 25.7 Å². The van der Waals surface area contributed by atoms with Crippen LogP contribution >= 0.6 is 37.2 Å². The van der Waals surface area contributed by atoms with E-state index < -0.39 is 0 Å². The molecule has 0 aliphatic carbocycles.